The molecule has 0 saturated carbocycles. The number of fused-ring (bicyclic) bond motifs is 1. The first-order valence-corrected chi connectivity index (χ1v) is 5.87. The minimum absolute atomic E-state index is 0.868. The summed E-state index contributed by atoms with van der Waals surface area (Å²) in [5.74, 6) is 0.868. The molecule has 1 N–H and O–H groups in total. The van der Waals surface area contributed by atoms with Gasteiger partial charge in [-0.05, 0) is 29.6 Å². The second kappa shape index (κ2) is 3.64. The Morgan fingerprint density at radius 2 is 2.25 bits per heavy atom. The molecule has 0 aliphatic heterocycles. The van der Waals surface area contributed by atoms with Crippen molar-refractivity contribution in [3.63, 3.8) is 0 Å². The monoisotopic (exact) mass is 231 g/mol. The fourth-order valence-electron chi connectivity index (χ4n) is 1.76. The molecule has 0 amide bonds. The highest BCUT2D eigenvalue weighted by molar-refractivity contribution is 7.12. The molecule has 0 bridgehead atoms. The highest BCUT2D eigenvalue weighted by Crippen LogP contribution is 2.18. The second-order valence-electron chi connectivity index (χ2n) is 3.48. The number of rotatable bonds is 2. The largest absolute Gasteiger partial charge is 0.497 e. The summed E-state index contributed by atoms with van der Waals surface area (Å²) in [5.41, 5.74) is 2.23. The van der Waals surface area contributed by atoms with E-state index in [-0.39, 0.29) is 0 Å². The molecule has 0 saturated heterocycles. The van der Waals surface area contributed by atoms with Crippen molar-refractivity contribution in [2.24, 2.45) is 0 Å². The van der Waals surface area contributed by atoms with E-state index in [4.69, 9.17) is 4.74 Å². The van der Waals surface area contributed by atoms with Gasteiger partial charge >= 0.3 is 0 Å². The van der Waals surface area contributed by atoms with Crippen molar-refractivity contribution in [3.05, 3.63) is 42.0 Å². The molecular weight excluding hydrogens is 220 g/mol. The number of thiophene rings is 1. The Hall–Kier alpha value is -1.81. The van der Waals surface area contributed by atoms with E-state index in [0.717, 1.165) is 16.8 Å². The zero-order valence-electron chi connectivity index (χ0n) is 8.81. The van der Waals surface area contributed by atoms with Crippen LogP contribution < -0.4 is 9.30 Å². The van der Waals surface area contributed by atoms with Crippen LogP contribution in [0.15, 0.2) is 42.0 Å². The number of aromatic amines is 1. The van der Waals surface area contributed by atoms with Gasteiger partial charge in [-0.15, -0.1) is 11.3 Å². The highest BCUT2D eigenvalue weighted by atomic mass is 32.1. The Labute approximate surface area is 96.9 Å². The Morgan fingerprint density at radius 3 is 3.00 bits per heavy atom. The number of H-pyrrole nitrogens is 1. The summed E-state index contributed by atoms with van der Waals surface area (Å²) < 4.78 is 7.33. The second-order valence-corrected chi connectivity index (χ2v) is 4.40. The molecule has 16 heavy (non-hydrogen) atoms. The van der Waals surface area contributed by atoms with E-state index in [1.165, 1.54) is 5.00 Å². The van der Waals surface area contributed by atoms with E-state index in [9.17, 15) is 0 Å². The Morgan fingerprint density at radius 1 is 1.31 bits per heavy atom. The standard InChI is InChI=1S/C12H10N2OS/c1-15-9-4-5-11-10(7-9)13-8-14(11)12-3-2-6-16-12/h2-8H,1H3/p+1. The normalized spacial score (nSPS) is 10.8. The summed E-state index contributed by atoms with van der Waals surface area (Å²) in [6, 6.07) is 10.2. The predicted octanol–water partition coefficient (Wildman–Crippen LogP) is 2.51. The van der Waals surface area contributed by atoms with Gasteiger partial charge in [0.1, 0.15) is 5.75 Å². The molecule has 0 aliphatic rings. The quantitative estimate of drug-likeness (QED) is 0.675. The smallest absolute Gasteiger partial charge is 0.248 e. The molecule has 80 valence electrons. The molecule has 0 unspecified atom stereocenters. The number of aromatic nitrogens is 2. The van der Waals surface area contributed by atoms with E-state index in [0.29, 0.717) is 0 Å². The number of imidazole rings is 1. The molecule has 0 fully saturated rings. The number of nitrogens with zero attached hydrogens (tertiary/aromatic N) is 1. The van der Waals surface area contributed by atoms with Crippen molar-refractivity contribution in [3.8, 4) is 10.8 Å². The molecule has 2 heterocycles. The van der Waals surface area contributed by atoms with Gasteiger partial charge in [0.15, 0.2) is 16.0 Å². The third kappa shape index (κ3) is 1.39. The van der Waals surface area contributed by atoms with Gasteiger partial charge in [0, 0.05) is 6.07 Å². The number of hydrogen-bond donors (Lipinski definition) is 1. The Bertz CT molecular complexity index is 613. The SMILES string of the molecule is COc1ccc2c(c1)[nH]c[n+]2-c1cccs1. The zero-order chi connectivity index (χ0) is 11.0. The molecule has 4 heteroatoms. The van der Waals surface area contributed by atoms with Crippen LogP contribution in [0.5, 0.6) is 5.75 Å². The lowest BCUT2D eigenvalue weighted by molar-refractivity contribution is -0.562. The maximum Gasteiger partial charge on any atom is 0.248 e. The summed E-state index contributed by atoms with van der Waals surface area (Å²) in [4.78, 5) is 3.24. The van der Waals surface area contributed by atoms with E-state index in [2.05, 4.69) is 33.1 Å². The number of hydrogen-bond acceptors (Lipinski definition) is 2. The lowest BCUT2D eigenvalue weighted by atomic mass is 10.3. The molecule has 0 spiro atoms. The maximum absolute atomic E-state index is 5.20. The number of nitrogens with one attached hydrogen (secondary N) is 1. The number of benzene rings is 1. The molecule has 2 aromatic heterocycles. The lowest BCUT2D eigenvalue weighted by Gasteiger charge is -1.96. The van der Waals surface area contributed by atoms with Crippen LogP contribution in [0, 0.1) is 0 Å². The van der Waals surface area contributed by atoms with Gasteiger partial charge in [-0.3, -0.25) is 0 Å². The van der Waals surface area contributed by atoms with Gasteiger partial charge in [0.2, 0.25) is 6.33 Å². The van der Waals surface area contributed by atoms with Gasteiger partial charge in [0.05, 0.1) is 7.11 Å². The van der Waals surface area contributed by atoms with Crippen molar-refractivity contribution >= 4 is 22.4 Å². The van der Waals surface area contributed by atoms with Gasteiger partial charge in [-0.2, -0.15) is 4.57 Å². The third-order valence-electron chi connectivity index (χ3n) is 2.56. The van der Waals surface area contributed by atoms with Crippen LogP contribution in [0.25, 0.3) is 16.0 Å². The van der Waals surface area contributed by atoms with E-state index in [1.807, 2.05) is 18.5 Å². The average molecular weight is 231 g/mol. The first-order chi connectivity index (χ1) is 7.88. The Kier molecular flexibility index (Phi) is 2.15. The summed E-state index contributed by atoms with van der Waals surface area (Å²) in [6.45, 7) is 0. The van der Waals surface area contributed by atoms with Crippen LogP contribution in [-0.2, 0) is 0 Å². The summed E-state index contributed by atoms with van der Waals surface area (Å²) in [6.07, 6.45) is 1.97. The molecule has 3 aromatic rings. The summed E-state index contributed by atoms with van der Waals surface area (Å²) >= 11 is 1.72. The molecule has 3 nitrogen and oxygen atoms in total. The Balaban J connectivity index is 2.21. The van der Waals surface area contributed by atoms with Crippen LogP contribution in [0.4, 0.5) is 0 Å². The third-order valence-corrected chi connectivity index (χ3v) is 3.42. The molecule has 3 rings (SSSR count). The van der Waals surface area contributed by atoms with Crippen LogP contribution in [-0.4, -0.2) is 12.1 Å². The van der Waals surface area contributed by atoms with E-state index >= 15 is 0 Å². The topological polar surface area (TPSA) is 28.9 Å². The lowest BCUT2D eigenvalue weighted by Crippen LogP contribution is -2.26. The van der Waals surface area contributed by atoms with Crippen molar-refractivity contribution in [1.82, 2.24) is 4.98 Å². The number of methoxy groups -OCH3 is 1. The highest BCUT2D eigenvalue weighted by Gasteiger charge is 2.12. The molecule has 0 radical (unpaired) electrons. The fraction of sp³-hybridized carbons (Fsp3) is 0.0833. The van der Waals surface area contributed by atoms with Gasteiger partial charge in [-0.25, -0.2) is 4.98 Å². The first-order valence-electron chi connectivity index (χ1n) is 4.99. The minimum atomic E-state index is 0.868. The molecule has 1 aromatic carbocycles. The van der Waals surface area contributed by atoms with Crippen LogP contribution in [0.3, 0.4) is 0 Å². The fourth-order valence-corrected chi connectivity index (χ4v) is 2.48. The van der Waals surface area contributed by atoms with Gasteiger partial charge < -0.3 is 4.74 Å². The van der Waals surface area contributed by atoms with E-state index in [1.54, 1.807) is 18.4 Å². The summed E-state index contributed by atoms with van der Waals surface area (Å²) in [5, 5.41) is 3.28. The van der Waals surface area contributed by atoms with Crippen LogP contribution in [0.1, 0.15) is 0 Å². The number of ether oxygens (including phenoxy) is 1. The summed E-state index contributed by atoms with van der Waals surface area (Å²) in [7, 11) is 1.68. The van der Waals surface area contributed by atoms with Gasteiger partial charge in [-0.1, -0.05) is 0 Å². The van der Waals surface area contributed by atoms with Crippen LogP contribution >= 0.6 is 11.3 Å². The molecular formula is C12H11N2OS+. The van der Waals surface area contributed by atoms with Gasteiger partial charge in [0.25, 0.3) is 0 Å². The first kappa shape index (κ1) is 9.42. The van der Waals surface area contributed by atoms with Crippen molar-refractivity contribution in [2.75, 3.05) is 7.11 Å². The van der Waals surface area contributed by atoms with Crippen molar-refractivity contribution in [1.29, 1.82) is 0 Å². The maximum atomic E-state index is 5.20. The van der Waals surface area contributed by atoms with Crippen molar-refractivity contribution < 1.29 is 9.30 Å². The predicted molar refractivity (Wildman–Crippen MR) is 64.3 cm³/mol. The van der Waals surface area contributed by atoms with E-state index < -0.39 is 0 Å². The minimum Gasteiger partial charge on any atom is -0.497 e. The van der Waals surface area contributed by atoms with Crippen molar-refractivity contribution in [2.45, 2.75) is 0 Å². The van der Waals surface area contributed by atoms with Crippen LogP contribution in [0.2, 0.25) is 0 Å². The molecule has 0 atom stereocenters. The average Bonchev–Trinajstić information content (AvgIpc) is 2.96. The molecule has 0 aliphatic carbocycles. The zero-order valence-corrected chi connectivity index (χ0v) is 9.62.